The first-order valence-corrected chi connectivity index (χ1v) is 10.3. The average molecular weight is 452 g/mol. The number of hydrogen-bond acceptors (Lipinski definition) is 6. The molecule has 2 heterocycles. The molecule has 1 aliphatic heterocycles. The number of rotatable bonds is 4. The Kier molecular flexibility index (Phi) is 5.65. The Morgan fingerprint density at radius 2 is 2.13 bits per heavy atom. The maximum atomic E-state index is 14.1. The Morgan fingerprint density at radius 3 is 2.77 bits per heavy atom. The number of halogens is 2. The van der Waals surface area contributed by atoms with Gasteiger partial charge in [0, 0.05) is 6.20 Å². The van der Waals surface area contributed by atoms with E-state index >= 15 is 0 Å². The highest BCUT2D eigenvalue weighted by molar-refractivity contribution is 7.90. The van der Waals surface area contributed by atoms with Crippen LogP contribution in [-0.4, -0.2) is 36.2 Å². The Balaban J connectivity index is 1.81. The van der Waals surface area contributed by atoms with Crippen LogP contribution in [0.15, 0.2) is 29.3 Å². The number of amides is 3. The first kappa shape index (κ1) is 21.5. The predicted molar refractivity (Wildman–Crippen MR) is 105 cm³/mol. The van der Waals surface area contributed by atoms with Gasteiger partial charge in [0.1, 0.15) is 23.3 Å². The largest absolute Gasteiger partial charge is 0.346 e. The molecule has 9 nitrogen and oxygen atoms in total. The minimum absolute atomic E-state index is 0.0108. The van der Waals surface area contributed by atoms with Gasteiger partial charge < -0.3 is 10.6 Å². The summed E-state index contributed by atoms with van der Waals surface area (Å²) in [6.45, 7) is 2.26. The molecule has 2 N–H and O–H groups in total. The van der Waals surface area contributed by atoms with Crippen molar-refractivity contribution in [2.45, 2.75) is 24.8 Å². The lowest BCUT2D eigenvalue weighted by molar-refractivity contribution is -0.121. The Labute approximate surface area is 176 Å². The summed E-state index contributed by atoms with van der Waals surface area (Å²) < 4.78 is 40.1. The second-order valence-corrected chi connectivity index (χ2v) is 8.76. The van der Waals surface area contributed by atoms with E-state index in [1.807, 2.05) is 0 Å². The molecule has 1 aromatic heterocycles. The highest BCUT2D eigenvalue weighted by Gasteiger charge is 2.39. The number of aromatic nitrogens is 1. The summed E-state index contributed by atoms with van der Waals surface area (Å²) in [4.78, 5) is 28.2. The van der Waals surface area contributed by atoms with Gasteiger partial charge in [0.15, 0.2) is 0 Å². The van der Waals surface area contributed by atoms with E-state index in [-0.39, 0.29) is 26.9 Å². The monoisotopic (exact) mass is 451 g/mol. The number of hydrogen-bond donors (Lipinski definition) is 2. The quantitative estimate of drug-likeness (QED) is 0.733. The van der Waals surface area contributed by atoms with Crippen LogP contribution in [0.1, 0.15) is 29.8 Å². The number of urea groups is 1. The van der Waals surface area contributed by atoms with E-state index in [9.17, 15) is 22.4 Å². The number of pyridine rings is 1. The van der Waals surface area contributed by atoms with Gasteiger partial charge >= 0.3 is 6.03 Å². The summed E-state index contributed by atoms with van der Waals surface area (Å²) in [7, 11) is -4.39. The van der Waals surface area contributed by atoms with Gasteiger partial charge in [-0.05, 0) is 37.6 Å². The summed E-state index contributed by atoms with van der Waals surface area (Å²) in [6, 6.07) is 3.62. The number of carbonyl (C=O) groups is 2. The molecule has 0 bridgehead atoms. The van der Waals surface area contributed by atoms with Crippen molar-refractivity contribution in [2.75, 3.05) is 11.9 Å². The number of nitriles is 1. The third kappa shape index (κ3) is 3.92. The van der Waals surface area contributed by atoms with Gasteiger partial charge in [-0.2, -0.15) is 5.26 Å². The molecule has 0 unspecified atom stereocenters. The molecule has 1 aliphatic rings. The lowest BCUT2D eigenvalue weighted by Crippen LogP contribution is -2.49. The fourth-order valence-corrected chi connectivity index (χ4v) is 4.98. The smallest absolute Gasteiger partial charge is 0.336 e. The maximum Gasteiger partial charge on any atom is 0.336 e. The molecule has 156 valence electrons. The number of aryl methyl sites for hydroxylation is 1. The number of benzene rings is 1. The second-order valence-electron chi connectivity index (χ2n) is 6.56. The summed E-state index contributed by atoms with van der Waals surface area (Å²) in [5.41, 5.74) is 0.541. The van der Waals surface area contributed by atoms with Crippen molar-refractivity contribution in [3.05, 3.63) is 52.1 Å². The second kappa shape index (κ2) is 7.89. The van der Waals surface area contributed by atoms with Crippen molar-refractivity contribution in [2.24, 2.45) is 0 Å². The summed E-state index contributed by atoms with van der Waals surface area (Å²) >= 11 is 6.06. The Morgan fingerprint density at radius 1 is 1.43 bits per heavy atom. The molecular formula is C18H15ClFN5O4S. The molecular weight excluding hydrogens is 437 g/mol. The van der Waals surface area contributed by atoms with Crippen LogP contribution in [0.5, 0.6) is 0 Å². The standard InChI is InChI=1S/C18H15ClFN5O4S/c1-9-3-12(19)17-14(4-9)24-18(27)25(30(17,28)29)8-15(26)23-10(2)16-13(20)5-11(6-21)7-22-16/h3-5,7,10H,8H2,1-2H3,(H,23,26)(H,24,27)/t10-/m1/s1. The number of nitrogens with one attached hydrogen (secondary N) is 2. The normalized spacial score (nSPS) is 15.6. The number of carbonyl (C=O) groups excluding carboxylic acids is 2. The molecule has 0 saturated heterocycles. The minimum atomic E-state index is -4.39. The van der Waals surface area contributed by atoms with Crippen molar-refractivity contribution in [3.63, 3.8) is 0 Å². The van der Waals surface area contributed by atoms with Crippen LogP contribution < -0.4 is 10.6 Å². The van der Waals surface area contributed by atoms with Gasteiger partial charge in [0.2, 0.25) is 5.91 Å². The van der Waals surface area contributed by atoms with Gasteiger partial charge in [-0.3, -0.25) is 9.78 Å². The molecule has 1 atom stereocenters. The molecule has 1 aromatic carbocycles. The van der Waals surface area contributed by atoms with E-state index in [2.05, 4.69) is 15.6 Å². The number of nitrogens with zero attached hydrogens (tertiary/aromatic N) is 3. The summed E-state index contributed by atoms with van der Waals surface area (Å²) in [5, 5.41) is 13.5. The van der Waals surface area contributed by atoms with Crippen LogP contribution in [0.25, 0.3) is 0 Å². The lowest BCUT2D eigenvalue weighted by Gasteiger charge is -2.29. The average Bonchev–Trinajstić information content (AvgIpc) is 2.63. The van der Waals surface area contributed by atoms with Crippen LogP contribution in [0.2, 0.25) is 5.02 Å². The first-order valence-electron chi connectivity index (χ1n) is 8.53. The molecule has 0 spiro atoms. The number of fused-ring (bicyclic) bond motifs is 1. The zero-order valence-corrected chi connectivity index (χ0v) is 17.3. The van der Waals surface area contributed by atoms with E-state index in [0.717, 1.165) is 12.3 Å². The van der Waals surface area contributed by atoms with Crippen LogP contribution in [-0.2, 0) is 14.8 Å². The van der Waals surface area contributed by atoms with E-state index in [1.165, 1.54) is 19.1 Å². The topological polar surface area (TPSA) is 132 Å². The molecule has 0 fully saturated rings. The van der Waals surface area contributed by atoms with Crippen LogP contribution in [0.4, 0.5) is 14.9 Å². The maximum absolute atomic E-state index is 14.1. The zero-order chi connectivity index (χ0) is 22.2. The SMILES string of the molecule is Cc1cc(Cl)c2c(c1)NC(=O)N(CC(=O)N[C@H](C)c1ncc(C#N)cc1F)S2(=O)=O. The van der Waals surface area contributed by atoms with Gasteiger partial charge in [-0.25, -0.2) is 21.9 Å². The molecule has 0 saturated carbocycles. The Hall–Kier alpha value is -3.23. The zero-order valence-electron chi connectivity index (χ0n) is 15.7. The lowest BCUT2D eigenvalue weighted by atomic mass is 10.1. The first-order chi connectivity index (χ1) is 14.0. The van der Waals surface area contributed by atoms with Crippen molar-refractivity contribution in [1.29, 1.82) is 5.26 Å². The molecule has 0 aliphatic carbocycles. The van der Waals surface area contributed by atoms with Gasteiger partial charge in [-0.1, -0.05) is 11.6 Å². The van der Waals surface area contributed by atoms with E-state index in [4.69, 9.17) is 16.9 Å². The molecule has 30 heavy (non-hydrogen) atoms. The highest BCUT2D eigenvalue weighted by Crippen LogP contribution is 2.36. The van der Waals surface area contributed by atoms with E-state index < -0.39 is 40.4 Å². The van der Waals surface area contributed by atoms with E-state index in [0.29, 0.717) is 9.87 Å². The predicted octanol–water partition coefficient (Wildman–Crippen LogP) is 2.47. The van der Waals surface area contributed by atoms with Crippen molar-refractivity contribution in [1.82, 2.24) is 14.6 Å². The summed E-state index contributed by atoms with van der Waals surface area (Å²) in [5.74, 6) is -1.67. The molecule has 3 rings (SSSR count). The van der Waals surface area contributed by atoms with Crippen molar-refractivity contribution in [3.8, 4) is 6.07 Å². The number of anilines is 1. The van der Waals surface area contributed by atoms with Crippen LogP contribution in [0.3, 0.4) is 0 Å². The van der Waals surface area contributed by atoms with Crippen LogP contribution >= 0.6 is 11.6 Å². The van der Waals surface area contributed by atoms with Crippen LogP contribution in [0, 0.1) is 24.1 Å². The van der Waals surface area contributed by atoms with Gasteiger partial charge in [-0.15, -0.1) is 0 Å². The highest BCUT2D eigenvalue weighted by atomic mass is 35.5. The van der Waals surface area contributed by atoms with Crippen molar-refractivity contribution >= 4 is 39.2 Å². The summed E-state index contributed by atoms with van der Waals surface area (Å²) in [6.07, 6.45) is 1.14. The Bertz CT molecular complexity index is 1210. The third-order valence-electron chi connectivity index (χ3n) is 4.28. The fraction of sp³-hybridized carbons (Fsp3) is 0.222. The minimum Gasteiger partial charge on any atom is -0.346 e. The fourth-order valence-electron chi connectivity index (χ4n) is 2.95. The van der Waals surface area contributed by atoms with Gasteiger partial charge in [0.25, 0.3) is 10.0 Å². The third-order valence-corrected chi connectivity index (χ3v) is 6.52. The van der Waals surface area contributed by atoms with E-state index in [1.54, 1.807) is 13.0 Å². The molecule has 3 amide bonds. The van der Waals surface area contributed by atoms with Gasteiger partial charge in [0.05, 0.1) is 28.0 Å². The molecule has 2 aromatic rings. The van der Waals surface area contributed by atoms with Crippen molar-refractivity contribution < 1.29 is 22.4 Å². The molecule has 0 radical (unpaired) electrons. The molecule has 12 heteroatoms. The number of sulfonamides is 1.